The number of hydrogen-bond donors (Lipinski definition) is 2. The first-order valence-corrected chi connectivity index (χ1v) is 7.20. The van der Waals surface area contributed by atoms with Crippen LogP contribution in [-0.2, 0) is 11.2 Å². The van der Waals surface area contributed by atoms with Gasteiger partial charge in [-0.05, 0) is 47.3 Å². The van der Waals surface area contributed by atoms with Crippen LogP contribution >= 0.6 is 15.9 Å². The highest BCUT2D eigenvalue weighted by Crippen LogP contribution is 2.30. The number of nitrogens with one attached hydrogen (secondary N) is 1. The van der Waals surface area contributed by atoms with E-state index in [1.807, 2.05) is 25.1 Å². The van der Waals surface area contributed by atoms with E-state index in [1.54, 1.807) is 7.05 Å². The van der Waals surface area contributed by atoms with Gasteiger partial charge in [0.2, 0.25) is 5.91 Å². The monoisotopic (exact) mass is 328 g/mol. The molecule has 0 saturated heterocycles. The fourth-order valence-corrected chi connectivity index (χ4v) is 2.28. The third kappa shape index (κ3) is 5.61. The molecule has 0 spiro atoms. The lowest BCUT2D eigenvalue weighted by Crippen LogP contribution is -2.19. The van der Waals surface area contributed by atoms with Crippen LogP contribution in [-0.4, -0.2) is 25.6 Å². The minimum Gasteiger partial charge on any atom is -0.492 e. The molecule has 1 aromatic carbocycles. The van der Waals surface area contributed by atoms with Gasteiger partial charge in [-0.2, -0.15) is 0 Å². The number of carbonyl (C=O) groups excluding carboxylic acids is 1. The van der Waals surface area contributed by atoms with Crippen molar-refractivity contribution in [2.24, 2.45) is 5.73 Å². The summed E-state index contributed by atoms with van der Waals surface area (Å²) in [6, 6.07) is 6.02. The highest BCUT2D eigenvalue weighted by Gasteiger charge is 2.10. The van der Waals surface area contributed by atoms with E-state index >= 15 is 0 Å². The molecular formula is C14H21BrN2O2. The van der Waals surface area contributed by atoms with Crippen LogP contribution < -0.4 is 15.8 Å². The number of benzene rings is 1. The van der Waals surface area contributed by atoms with Crippen molar-refractivity contribution < 1.29 is 9.53 Å². The molecule has 0 aliphatic heterocycles. The third-order valence-electron chi connectivity index (χ3n) is 2.66. The van der Waals surface area contributed by atoms with Gasteiger partial charge in [-0.1, -0.05) is 12.1 Å². The first-order valence-electron chi connectivity index (χ1n) is 6.41. The van der Waals surface area contributed by atoms with Gasteiger partial charge in [-0.3, -0.25) is 4.79 Å². The van der Waals surface area contributed by atoms with Crippen molar-refractivity contribution in [2.75, 3.05) is 13.7 Å². The summed E-state index contributed by atoms with van der Waals surface area (Å²) in [7, 11) is 1.64. The van der Waals surface area contributed by atoms with Crippen molar-refractivity contribution in [1.82, 2.24) is 5.32 Å². The van der Waals surface area contributed by atoms with Crippen molar-refractivity contribution in [3.8, 4) is 5.75 Å². The van der Waals surface area contributed by atoms with Crippen LogP contribution in [0.5, 0.6) is 5.75 Å². The first kappa shape index (κ1) is 16.0. The Morgan fingerprint density at radius 1 is 1.53 bits per heavy atom. The maximum atomic E-state index is 11.1. The van der Waals surface area contributed by atoms with Crippen LogP contribution in [0.15, 0.2) is 22.7 Å². The van der Waals surface area contributed by atoms with Crippen LogP contribution in [0.4, 0.5) is 0 Å². The topological polar surface area (TPSA) is 64.3 Å². The SMILES string of the molecule is CNC(=O)CCCOc1c(Br)cccc1CC(C)N. The molecule has 0 fully saturated rings. The normalized spacial score (nSPS) is 12.0. The lowest BCUT2D eigenvalue weighted by atomic mass is 10.1. The van der Waals surface area contributed by atoms with E-state index in [-0.39, 0.29) is 11.9 Å². The van der Waals surface area contributed by atoms with E-state index < -0.39 is 0 Å². The Morgan fingerprint density at radius 2 is 2.26 bits per heavy atom. The Morgan fingerprint density at radius 3 is 2.89 bits per heavy atom. The van der Waals surface area contributed by atoms with E-state index in [1.165, 1.54) is 0 Å². The Bertz CT molecular complexity index is 422. The molecule has 4 nitrogen and oxygen atoms in total. The number of carbonyl (C=O) groups is 1. The standard InChI is InChI=1S/C14H21BrN2O2/c1-10(16)9-11-5-3-6-12(15)14(11)19-8-4-7-13(18)17-2/h3,5-6,10H,4,7-9,16H2,1-2H3,(H,17,18). The molecule has 0 aliphatic carbocycles. The van der Waals surface area contributed by atoms with Gasteiger partial charge in [0.15, 0.2) is 0 Å². The second-order valence-electron chi connectivity index (χ2n) is 4.53. The molecule has 5 heteroatoms. The lowest BCUT2D eigenvalue weighted by molar-refractivity contribution is -0.120. The molecule has 3 N–H and O–H groups in total. The summed E-state index contributed by atoms with van der Waals surface area (Å²) >= 11 is 3.49. The highest BCUT2D eigenvalue weighted by atomic mass is 79.9. The van der Waals surface area contributed by atoms with Gasteiger partial charge >= 0.3 is 0 Å². The van der Waals surface area contributed by atoms with Gasteiger partial charge in [0.05, 0.1) is 11.1 Å². The number of nitrogens with two attached hydrogens (primary N) is 1. The second kappa shape index (κ2) is 8.17. The first-order chi connectivity index (χ1) is 9.04. The average molecular weight is 329 g/mol. The zero-order valence-electron chi connectivity index (χ0n) is 11.4. The Hall–Kier alpha value is -1.07. The summed E-state index contributed by atoms with van der Waals surface area (Å²) in [5, 5.41) is 2.59. The Balaban J connectivity index is 2.58. The number of para-hydroxylation sites is 1. The molecule has 1 rings (SSSR count). The van der Waals surface area contributed by atoms with Crippen LogP contribution in [0.2, 0.25) is 0 Å². The van der Waals surface area contributed by atoms with Crippen molar-refractivity contribution in [2.45, 2.75) is 32.2 Å². The number of rotatable bonds is 7. The molecule has 1 aromatic rings. The molecule has 0 bridgehead atoms. The van der Waals surface area contributed by atoms with Gasteiger partial charge < -0.3 is 15.8 Å². The van der Waals surface area contributed by atoms with E-state index in [0.717, 1.165) is 22.2 Å². The van der Waals surface area contributed by atoms with Crippen LogP contribution in [0, 0.1) is 0 Å². The zero-order valence-corrected chi connectivity index (χ0v) is 13.0. The fourth-order valence-electron chi connectivity index (χ4n) is 1.75. The largest absolute Gasteiger partial charge is 0.492 e. The fraction of sp³-hybridized carbons (Fsp3) is 0.500. The number of ether oxygens (including phenoxy) is 1. The van der Waals surface area contributed by atoms with Crippen LogP contribution in [0.3, 0.4) is 0 Å². The van der Waals surface area contributed by atoms with Gasteiger partial charge in [0.1, 0.15) is 5.75 Å². The van der Waals surface area contributed by atoms with E-state index in [9.17, 15) is 4.79 Å². The highest BCUT2D eigenvalue weighted by molar-refractivity contribution is 9.10. The molecule has 1 unspecified atom stereocenters. The quantitative estimate of drug-likeness (QED) is 0.754. The van der Waals surface area contributed by atoms with E-state index in [4.69, 9.17) is 10.5 Å². The molecule has 1 amide bonds. The van der Waals surface area contributed by atoms with Gasteiger partial charge in [-0.15, -0.1) is 0 Å². The van der Waals surface area contributed by atoms with Crippen molar-refractivity contribution in [1.29, 1.82) is 0 Å². The third-order valence-corrected chi connectivity index (χ3v) is 3.29. The summed E-state index contributed by atoms with van der Waals surface area (Å²) in [6.07, 6.45) is 1.94. The lowest BCUT2D eigenvalue weighted by Gasteiger charge is -2.14. The molecular weight excluding hydrogens is 308 g/mol. The van der Waals surface area contributed by atoms with Gasteiger partial charge in [0, 0.05) is 19.5 Å². The van der Waals surface area contributed by atoms with Crippen LogP contribution in [0.25, 0.3) is 0 Å². The van der Waals surface area contributed by atoms with Crippen molar-refractivity contribution >= 4 is 21.8 Å². The molecule has 0 radical (unpaired) electrons. The molecule has 106 valence electrons. The molecule has 0 aromatic heterocycles. The summed E-state index contributed by atoms with van der Waals surface area (Å²) in [4.78, 5) is 11.1. The summed E-state index contributed by atoms with van der Waals surface area (Å²) in [6.45, 7) is 2.48. The molecule has 1 atom stereocenters. The van der Waals surface area contributed by atoms with Crippen LogP contribution in [0.1, 0.15) is 25.3 Å². The molecule has 19 heavy (non-hydrogen) atoms. The van der Waals surface area contributed by atoms with E-state index in [2.05, 4.69) is 21.2 Å². The van der Waals surface area contributed by atoms with Crippen molar-refractivity contribution in [3.63, 3.8) is 0 Å². The summed E-state index contributed by atoms with van der Waals surface area (Å²) < 4.78 is 6.70. The minimum atomic E-state index is 0.0338. The van der Waals surface area contributed by atoms with E-state index in [0.29, 0.717) is 19.4 Å². The summed E-state index contributed by atoms with van der Waals surface area (Å²) in [5.74, 6) is 0.864. The molecule has 0 heterocycles. The molecule has 0 aliphatic rings. The maximum absolute atomic E-state index is 11.1. The number of amides is 1. The Labute approximate surface area is 122 Å². The smallest absolute Gasteiger partial charge is 0.219 e. The van der Waals surface area contributed by atoms with Gasteiger partial charge in [0.25, 0.3) is 0 Å². The summed E-state index contributed by atoms with van der Waals surface area (Å²) in [5.41, 5.74) is 6.92. The number of halogens is 1. The maximum Gasteiger partial charge on any atom is 0.219 e. The zero-order chi connectivity index (χ0) is 14.3. The number of hydrogen-bond acceptors (Lipinski definition) is 3. The average Bonchev–Trinajstić information content (AvgIpc) is 2.36. The minimum absolute atomic E-state index is 0.0338. The van der Waals surface area contributed by atoms with Crippen molar-refractivity contribution in [3.05, 3.63) is 28.2 Å². The Kier molecular flexibility index (Phi) is 6.87. The predicted molar refractivity (Wildman–Crippen MR) is 80.3 cm³/mol. The van der Waals surface area contributed by atoms with Gasteiger partial charge in [-0.25, -0.2) is 0 Å². The molecule has 0 saturated carbocycles. The second-order valence-corrected chi connectivity index (χ2v) is 5.39. The predicted octanol–water partition coefficient (Wildman–Crippen LogP) is 2.24.